The minimum absolute atomic E-state index is 0.0110. The highest BCUT2D eigenvalue weighted by Crippen LogP contribution is 2.15. The molecule has 0 aromatic rings. The molecule has 0 aliphatic rings. The first-order valence-corrected chi connectivity index (χ1v) is 5.43. The number of hydrogen-bond acceptors (Lipinski definition) is 6. The fraction of sp³-hybridized carbons (Fsp3) is 0.600. The van der Waals surface area contributed by atoms with Crippen LogP contribution in [-0.2, 0) is 0 Å². The van der Waals surface area contributed by atoms with E-state index in [0.29, 0.717) is 0 Å². The molecule has 108 valence electrons. The van der Waals surface area contributed by atoms with Crippen LogP contribution in [0.25, 0.3) is 0 Å². The third-order valence-electron chi connectivity index (χ3n) is 2.72. The molecule has 0 fully saturated rings. The molecule has 0 amide bonds. The first-order valence-electron chi connectivity index (χ1n) is 5.43. The SMILES string of the molecule is CC(C)(C(N)=NC#N)/[N+]([O-])=[N+](\[O-])C(C)(C)C(N)=NC#N. The number of nitrogens with zero attached hydrogens (tertiary/aromatic N) is 6. The number of hydroxylamine groups is 2. The zero-order chi connectivity index (χ0) is 16.1. The smallest absolute Gasteiger partial charge is 0.289 e. The normalized spacial score (nSPS) is 15.1. The Morgan fingerprint density at radius 1 is 0.900 bits per heavy atom. The lowest BCUT2D eigenvalue weighted by atomic mass is 10.0. The molecule has 0 aromatic heterocycles. The van der Waals surface area contributed by atoms with Crippen molar-refractivity contribution < 1.29 is 9.72 Å². The lowest BCUT2D eigenvalue weighted by Gasteiger charge is -2.24. The summed E-state index contributed by atoms with van der Waals surface area (Å²) in [6, 6.07) is 0. The Labute approximate surface area is 116 Å². The fourth-order valence-electron chi connectivity index (χ4n) is 1.03. The Bertz CT molecular complexity index is 509. The maximum Gasteiger partial charge on any atom is 0.289 e. The van der Waals surface area contributed by atoms with Crippen molar-refractivity contribution >= 4 is 11.7 Å². The molecular formula is C10H16N8O2. The summed E-state index contributed by atoms with van der Waals surface area (Å²) >= 11 is 0. The molecule has 0 saturated carbocycles. The van der Waals surface area contributed by atoms with E-state index >= 15 is 0 Å². The maximum atomic E-state index is 12.1. The predicted octanol–water partition coefficient (Wildman–Crippen LogP) is -0.307. The molecule has 0 atom stereocenters. The van der Waals surface area contributed by atoms with Crippen LogP contribution in [0.3, 0.4) is 0 Å². The van der Waals surface area contributed by atoms with Gasteiger partial charge in [0.1, 0.15) is 0 Å². The van der Waals surface area contributed by atoms with E-state index in [4.69, 9.17) is 22.0 Å². The van der Waals surface area contributed by atoms with Crippen molar-refractivity contribution in [1.29, 1.82) is 10.5 Å². The number of azo groups is 1. The van der Waals surface area contributed by atoms with Gasteiger partial charge in [0.2, 0.25) is 12.4 Å². The Kier molecular flexibility index (Phi) is 5.00. The van der Waals surface area contributed by atoms with Crippen LogP contribution < -0.4 is 11.5 Å². The molecule has 0 spiro atoms. The van der Waals surface area contributed by atoms with Gasteiger partial charge in [0.15, 0.2) is 11.7 Å². The van der Waals surface area contributed by atoms with Gasteiger partial charge in [0.25, 0.3) is 11.1 Å². The quantitative estimate of drug-likeness (QED) is 0.178. The first-order chi connectivity index (χ1) is 9.03. The summed E-state index contributed by atoms with van der Waals surface area (Å²) in [5.41, 5.74) is 7.83. The van der Waals surface area contributed by atoms with E-state index in [1.54, 1.807) is 0 Å². The topological polar surface area (TPSA) is 176 Å². The summed E-state index contributed by atoms with van der Waals surface area (Å²) in [7, 11) is 0. The highest BCUT2D eigenvalue weighted by atomic mass is 16.6. The van der Waals surface area contributed by atoms with Gasteiger partial charge in [-0.3, -0.25) is 0 Å². The summed E-state index contributed by atoms with van der Waals surface area (Å²) < 4.78 is 0. The molecule has 0 aromatic carbocycles. The van der Waals surface area contributed by atoms with Crippen molar-refractivity contribution in [1.82, 2.24) is 0 Å². The van der Waals surface area contributed by atoms with E-state index in [0.717, 1.165) is 0 Å². The van der Waals surface area contributed by atoms with E-state index in [2.05, 4.69) is 9.98 Å². The van der Waals surface area contributed by atoms with Gasteiger partial charge < -0.3 is 21.9 Å². The number of rotatable bonds is 4. The molecule has 10 heteroatoms. The molecule has 20 heavy (non-hydrogen) atoms. The Morgan fingerprint density at radius 2 is 1.15 bits per heavy atom. The average Bonchev–Trinajstić information content (AvgIpc) is 2.37. The van der Waals surface area contributed by atoms with Crippen molar-refractivity contribution in [2.45, 2.75) is 38.8 Å². The second kappa shape index (κ2) is 5.84. The van der Waals surface area contributed by atoms with Crippen molar-refractivity contribution in [3.63, 3.8) is 0 Å². The Balaban J connectivity index is 5.94. The fourth-order valence-corrected chi connectivity index (χ4v) is 1.03. The van der Waals surface area contributed by atoms with Crippen molar-refractivity contribution in [2.75, 3.05) is 0 Å². The molecule has 10 nitrogen and oxygen atoms in total. The minimum atomic E-state index is -1.57. The molecular weight excluding hydrogens is 264 g/mol. The van der Waals surface area contributed by atoms with Crippen molar-refractivity contribution in [2.24, 2.45) is 21.5 Å². The van der Waals surface area contributed by atoms with Crippen molar-refractivity contribution in [3.05, 3.63) is 10.4 Å². The molecule has 0 radical (unpaired) electrons. The number of amidine groups is 2. The highest BCUT2D eigenvalue weighted by Gasteiger charge is 2.46. The van der Waals surface area contributed by atoms with E-state index < -0.39 is 11.1 Å². The number of nitriles is 2. The zero-order valence-corrected chi connectivity index (χ0v) is 11.7. The second-order valence-corrected chi connectivity index (χ2v) is 4.86. The number of nitrogens with two attached hydrogens (primary N) is 2. The second-order valence-electron chi connectivity index (χ2n) is 4.86. The molecule has 0 bridgehead atoms. The molecule has 0 heterocycles. The molecule has 0 saturated heterocycles. The van der Waals surface area contributed by atoms with Gasteiger partial charge in [0, 0.05) is 37.4 Å². The monoisotopic (exact) mass is 280 g/mol. The lowest BCUT2D eigenvalue weighted by Crippen LogP contribution is -2.55. The molecule has 4 N–H and O–H groups in total. The average molecular weight is 280 g/mol. The van der Waals surface area contributed by atoms with E-state index in [-0.39, 0.29) is 21.4 Å². The highest BCUT2D eigenvalue weighted by molar-refractivity contribution is 5.89. The summed E-state index contributed by atoms with van der Waals surface area (Å²) in [5, 5.41) is 41.1. The third-order valence-corrected chi connectivity index (χ3v) is 2.72. The van der Waals surface area contributed by atoms with Crippen LogP contribution >= 0.6 is 0 Å². The Hall–Kier alpha value is -2.88. The van der Waals surface area contributed by atoms with Gasteiger partial charge in [0.05, 0.1) is 0 Å². The molecule has 0 rings (SSSR count). The molecule has 0 aliphatic heterocycles. The maximum absolute atomic E-state index is 12.1. The third kappa shape index (κ3) is 3.11. The summed E-state index contributed by atoms with van der Waals surface area (Å²) in [5.74, 6) is -0.662. The van der Waals surface area contributed by atoms with Gasteiger partial charge in [-0.2, -0.15) is 20.5 Å². The predicted molar refractivity (Wildman–Crippen MR) is 69.9 cm³/mol. The van der Waals surface area contributed by atoms with Gasteiger partial charge in [-0.15, -0.1) is 0 Å². The van der Waals surface area contributed by atoms with Crippen LogP contribution in [0.1, 0.15) is 27.7 Å². The largest absolute Gasteiger partial charge is 0.566 e. The molecule has 0 unspecified atom stereocenters. The van der Waals surface area contributed by atoms with Gasteiger partial charge in [-0.05, 0) is 0 Å². The zero-order valence-electron chi connectivity index (χ0n) is 11.7. The van der Waals surface area contributed by atoms with Crippen LogP contribution in [0.4, 0.5) is 0 Å². The van der Waals surface area contributed by atoms with E-state index in [9.17, 15) is 10.4 Å². The number of aliphatic imine (C=N–C) groups is 2. The lowest BCUT2D eigenvalue weighted by molar-refractivity contribution is -1.01. The number of hydrogen-bond donors (Lipinski definition) is 2. The van der Waals surface area contributed by atoms with Gasteiger partial charge >= 0.3 is 0 Å². The summed E-state index contributed by atoms with van der Waals surface area (Å²) in [6.45, 7) is 5.26. The minimum Gasteiger partial charge on any atom is -0.566 e. The van der Waals surface area contributed by atoms with E-state index in [1.165, 1.54) is 40.1 Å². The van der Waals surface area contributed by atoms with Gasteiger partial charge in [-0.25, -0.2) is 0 Å². The summed E-state index contributed by atoms with van der Waals surface area (Å²) in [4.78, 5) is 6.46. The van der Waals surface area contributed by atoms with Gasteiger partial charge in [-0.1, -0.05) is 0 Å². The van der Waals surface area contributed by atoms with Crippen LogP contribution in [-0.4, -0.2) is 32.5 Å². The van der Waals surface area contributed by atoms with Crippen molar-refractivity contribution in [3.8, 4) is 12.4 Å². The summed E-state index contributed by atoms with van der Waals surface area (Å²) in [6.07, 6.45) is 2.87. The van der Waals surface area contributed by atoms with Crippen LogP contribution in [0, 0.1) is 33.3 Å². The van der Waals surface area contributed by atoms with E-state index in [1.807, 2.05) is 0 Å². The first kappa shape index (κ1) is 17.1. The Morgan fingerprint density at radius 3 is 1.35 bits per heavy atom. The van der Waals surface area contributed by atoms with Crippen LogP contribution in [0.2, 0.25) is 0 Å². The standard InChI is InChI=1S/C10H16N8O2/c1-9(2,7(13)15-5-11)17(19)18(20)10(3,4)8(14)16-6-12/h1-4H3,(H2,13,15)(H2,14,16)/b18-17+. The van der Waals surface area contributed by atoms with Crippen LogP contribution in [0.5, 0.6) is 0 Å². The van der Waals surface area contributed by atoms with Crippen LogP contribution in [0.15, 0.2) is 9.98 Å². The molecule has 0 aliphatic carbocycles.